The van der Waals surface area contributed by atoms with E-state index in [2.05, 4.69) is 14.6 Å². The Kier molecular flexibility index (Phi) is 6.42. The maximum atomic E-state index is 12.8. The molecule has 3 atom stereocenters. The van der Waals surface area contributed by atoms with E-state index in [1.165, 1.54) is 25.3 Å². The van der Waals surface area contributed by atoms with Crippen molar-refractivity contribution in [2.24, 2.45) is 5.92 Å². The van der Waals surface area contributed by atoms with E-state index in [0.29, 0.717) is 35.1 Å². The molecule has 6 rings (SSSR count). The van der Waals surface area contributed by atoms with Crippen LogP contribution in [0.25, 0.3) is 11.3 Å². The number of methoxy groups -OCH3 is 1. The monoisotopic (exact) mass is 459 g/mol. The van der Waals surface area contributed by atoms with Crippen LogP contribution in [0.5, 0.6) is 5.75 Å². The van der Waals surface area contributed by atoms with Gasteiger partial charge in [0.2, 0.25) is 0 Å². The number of hydrogen-bond acceptors (Lipinski definition) is 7. The second kappa shape index (κ2) is 9.46. The summed E-state index contributed by atoms with van der Waals surface area (Å²) in [6.45, 7) is -0.177. The number of nitrogen functional groups attached to an aromatic ring is 1. The number of fused-ring (bicyclic) bond motifs is 4. The molecule has 4 fully saturated rings. The molecule has 2 aromatic rings. The largest absolute Gasteiger partial charge is 0.431 e. The van der Waals surface area contributed by atoms with Gasteiger partial charge in [-0.15, -0.1) is 0 Å². The van der Waals surface area contributed by atoms with Crippen molar-refractivity contribution in [3.63, 3.8) is 0 Å². The lowest BCUT2D eigenvalue weighted by atomic mass is 9.80. The van der Waals surface area contributed by atoms with Crippen molar-refractivity contribution < 1.29 is 18.3 Å². The normalized spacial score (nSPS) is 25.4. The number of nitrogens with two attached hydrogens (primary N) is 1. The van der Waals surface area contributed by atoms with Gasteiger partial charge < -0.3 is 15.2 Å². The Morgan fingerprint density at radius 1 is 1.18 bits per heavy atom. The molecule has 0 spiro atoms. The van der Waals surface area contributed by atoms with Crippen LogP contribution in [0.15, 0.2) is 18.3 Å². The maximum absolute atomic E-state index is 12.8. The van der Waals surface area contributed by atoms with Crippen LogP contribution < -0.4 is 10.5 Å². The van der Waals surface area contributed by atoms with Crippen LogP contribution in [-0.2, 0) is 4.74 Å². The van der Waals surface area contributed by atoms with Crippen LogP contribution in [0.2, 0.25) is 0 Å². The molecule has 2 aliphatic carbocycles. The Morgan fingerprint density at radius 2 is 2.03 bits per heavy atom. The van der Waals surface area contributed by atoms with E-state index >= 15 is 0 Å². The minimum Gasteiger partial charge on any atom is -0.431 e. The molecule has 2 aliphatic heterocycles. The number of ether oxygens (including phenoxy) is 2. The Bertz CT molecular complexity index is 987. The molecular formula is C24H31F2N5O2. The fraction of sp³-hybridized carbons (Fsp3) is 0.625. The molecular weight excluding hydrogens is 428 g/mol. The predicted octanol–water partition coefficient (Wildman–Crippen LogP) is 4.20. The highest BCUT2D eigenvalue weighted by atomic mass is 19.3. The smallest absolute Gasteiger partial charge is 0.387 e. The zero-order chi connectivity index (χ0) is 22.9. The lowest BCUT2D eigenvalue weighted by Gasteiger charge is -2.41. The average molecular weight is 460 g/mol. The topological polar surface area (TPSA) is 86.4 Å². The minimum absolute atomic E-state index is 0.0621. The number of hydrogen-bond donors (Lipinski definition) is 1. The lowest BCUT2D eigenvalue weighted by molar-refractivity contribution is -0.0494. The summed E-state index contributed by atoms with van der Waals surface area (Å²) in [5.74, 6) is 1.95. The SMILES string of the molecule is COCCN1CC2CCCC1CC2c1cc(-c2cnc(N)c(OC(F)F)c2)nc(C2CC2)n1. The minimum atomic E-state index is -2.96. The van der Waals surface area contributed by atoms with Gasteiger partial charge in [0, 0.05) is 55.5 Å². The van der Waals surface area contributed by atoms with E-state index < -0.39 is 6.61 Å². The van der Waals surface area contributed by atoms with E-state index in [0.717, 1.165) is 50.5 Å². The summed E-state index contributed by atoms with van der Waals surface area (Å²) in [6, 6.07) is 4.06. The van der Waals surface area contributed by atoms with Gasteiger partial charge >= 0.3 is 6.61 Å². The van der Waals surface area contributed by atoms with Crippen LogP contribution in [0.3, 0.4) is 0 Å². The molecule has 4 heterocycles. The standard InChI is InChI=1S/C24H31F2N5O2/c1-32-8-7-31-13-15-3-2-4-17(31)10-18(15)20-11-19(29-23(30-20)14-5-6-14)16-9-21(33-24(25)26)22(27)28-12-16/h9,11-12,14-15,17-18,24H,2-8,10,13H2,1H3,(H2,27,28). The van der Waals surface area contributed by atoms with Crippen molar-refractivity contribution in [3.8, 4) is 17.0 Å². The summed E-state index contributed by atoms with van der Waals surface area (Å²) in [4.78, 5) is 16.5. The van der Waals surface area contributed by atoms with Crippen LogP contribution >= 0.6 is 0 Å². The molecule has 4 aliphatic rings. The van der Waals surface area contributed by atoms with Gasteiger partial charge in [-0.1, -0.05) is 6.42 Å². The molecule has 33 heavy (non-hydrogen) atoms. The van der Waals surface area contributed by atoms with E-state index in [-0.39, 0.29) is 11.6 Å². The molecule has 3 unspecified atom stereocenters. The number of nitrogens with zero attached hydrogens (tertiary/aromatic N) is 4. The molecule has 2 bridgehead atoms. The van der Waals surface area contributed by atoms with E-state index in [1.807, 2.05) is 6.07 Å². The average Bonchev–Trinajstić information content (AvgIpc) is 3.66. The molecule has 7 nitrogen and oxygen atoms in total. The van der Waals surface area contributed by atoms with E-state index in [9.17, 15) is 8.78 Å². The van der Waals surface area contributed by atoms with Crippen molar-refractivity contribution in [3.05, 3.63) is 29.8 Å². The number of anilines is 1. The van der Waals surface area contributed by atoms with Crippen LogP contribution in [-0.4, -0.2) is 59.3 Å². The number of pyridine rings is 1. The Labute approximate surface area is 192 Å². The number of alkyl halides is 2. The number of halogens is 2. The summed E-state index contributed by atoms with van der Waals surface area (Å²) in [7, 11) is 1.75. The van der Waals surface area contributed by atoms with Gasteiger partial charge in [-0.2, -0.15) is 8.78 Å². The molecule has 0 radical (unpaired) electrons. The van der Waals surface area contributed by atoms with Gasteiger partial charge in [0.1, 0.15) is 5.82 Å². The number of piperidine rings is 1. The molecule has 2 saturated carbocycles. The molecule has 2 N–H and O–H groups in total. The molecule has 9 heteroatoms. The van der Waals surface area contributed by atoms with Crippen LogP contribution in [0, 0.1) is 5.92 Å². The highest BCUT2D eigenvalue weighted by molar-refractivity contribution is 5.64. The first-order valence-corrected chi connectivity index (χ1v) is 11.8. The molecule has 2 aromatic heterocycles. The third-order valence-electron chi connectivity index (χ3n) is 7.25. The summed E-state index contributed by atoms with van der Waals surface area (Å²) < 4.78 is 35.5. The third-order valence-corrected chi connectivity index (χ3v) is 7.25. The first-order chi connectivity index (χ1) is 16.0. The predicted molar refractivity (Wildman–Crippen MR) is 120 cm³/mol. The zero-order valence-electron chi connectivity index (χ0n) is 18.9. The van der Waals surface area contributed by atoms with E-state index in [4.69, 9.17) is 20.4 Å². The van der Waals surface area contributed by atoms with Gasteiger partial charge in [-0.05, 0) is 50.2 Å². The highest BCUT2D eigenvalue weighted by Gasteiger charge is 2.40. The first-order valence-electron chi connectivity index (χ1n) is 11.8. The van der Waals surface area contributed by atoms with Crippen molar-refractivity contribution in [1.29, 1.82) is 0 Å². The Morgan fingerprint density at radius 3 is 2.79 bits per heavy atom. The van der Waals surface area contributed by atoms with Crippen molar-refractivity contribution >= 4 is 5.82 Å². The van der Waals surface area contributed by atoms with E-state index in [1.54, 1.807) is 13.3 Å². The van der Waals surface area contributed by atoms with Gasteiger partial charge in [0.05, 0.1) is 12.3 Å². The van der Waals surface area contributed by atoms with Crippen molar-refractivity contribution in [2.45, 2.75) is 63.0 Å². The second-order valence-corrected chi connectivity index (χ2v) is 9.47. The molecule has 0 amide bonds. The number of aromatic nitrogens is 3. The zero-order valence-corrected chi connectivity index (χ0v) is 18.9. The maximum Gasteiger partial charge on any atom is 0.387 e. The summed E-state index contributed by atoms with van der Waals surface area (Å²) in [6.07, 6.45) is 8.46. The molecule has 2 saturated heterocycles. The first kappa shape index (κ1) is 22.4. The van der Waals surface area contributed by atoms with Crippen molar-refractivity contribution in [2.75, 3.05) is 32.5 Å². The van der Waals surface area contributed by atoms with Gasteiger partial charge in [-0.3, -0.25) is 4.90 Å². The summed E-state index contributed by atoms with van der Waals surface area (Å²) in [5.41, 5.74) is 8.12. The fourth-order valence-electron chi connectivity index (χ4n) is 5.40. The van der Waals surface area contributed by atoms with Crippen LogP contribution in [0.1, 0.15) is 61.9 Å². The summed E-state index contributed by atoms with van der Waals surface area (Å²) in [5, 5.41) is 0. The highest BCUT2D eigenvalue weighted by Crippen LogP contribution is 2.45. The van der Waals surface area contributed by atoms with Gasteiger partial charge in [-0.25, -0.2) is 15.0 Å². The van der Waals surface area contributed by atoms with Gasteiger partial charge in [0.15, 0.2) is 11.6 Å². The Hall–Kier alpha value is -2.39. The quantitative estimate of drug-likeness (QED) is 0.633. The fourth-order valence-corrected chi connectivity index (χ4v) is 5.40. The third kappa shape index (κ3) is 4.94. The molecule has 0 aromatic carbocycles. The Balaban J connectivity index is 1.47. The number of rotatable bonds is 8. The second-order valence-electron chi connectivity index (χ2n) is 9.47. The van der Waals surface area contributed by atoms with Crippen molar-refractivity contribution in [1.82, 2.24) is 19.9 Å². The van der Waals surface area contributed by atoms with Gasteiger partial charge in [0.25, 0.3) is 0 Å². The lowest BCUT2D eigenvalue weighted by Crippen LogP contribution is -2.46. The molecule has 178 valence electrons. The summed E-state index contributed by atoms with van der Waals surface area (Å²) >= 11 is 0. The van der Waals surface area contributed by atoms with Crippen LogP contribution in [0.4, 0.5) is 14.6 Å².